The van der Waals surface area contributed by atoms with Crippen LogP contribution in [0.25, 0.3) is 0 Å². The highest BCUT2D eigenvalue weighted by Crippen LogP contribution is 2.48. The first-order valence-corrected chi connectivity index (χ1v) is 5.70. The highest BCUT2D eigenvalue weighted by atomic mass is 16.3. The van der Waals surface area contributed by atoms with Crippen LogP contribution < -0.4 is 11.1 Å². The Morgan fingerprint density at radius 3 is 2.88 bits per heavy atom. The largest absolute Gasteiger partial charge is 0.396 e. The van der Waals surface area contributed by atoms with Gasteiger partial charge in [0.1, 0.15) is 11.9 Å². The van der Waals surface area contributed by atoms with Crippen LogP contribution in [-0.4, -0.2) is 23.2 Å². The van der Waals surface area contributed by atoms with E-state index in [1.54, 1.807) is 12.1 Å². The van der Waals surface area contributed by atoms with E-state index in [0.29, 0.717) is 11.5 Å². The third-order valence-corrected chi connectivity index (χ3v) is 3.28. The minimum absolute atomic E-state index is 0.223. The molecule has 1 saturated carbocycles. The molecule has 4 N–H and O–H groups in total. The molecule has 0 amide bonds. The molecule has 1 aliphatic carbocycles. The van der Waals surface area contributed by atoms with Crippen molar-refractivity contribution >= 4 is 11.5 Å². The molecule has 0 unspecified atom stereocenters. The predicted molar refractivity (Wildman–Crippen MR) is 65.2 cm³/mol. The quantitative estimate of drug-likeness (QED) is 0.706. The predicted octanol–water partition coefficient (Wildman–Crippen LogP) is 1.11. The lowest BCUT2D eigenvalue weighted by molar-refractivity contribution is 0.253. The Morgan fingerprint density at radius 2 is 2.29 bits per heavy atom. The van der Waals surface area contributed by atoms with Crippen LogP contribution in [0.15, 0.2) is 12.1 Å². The van der Waals surface area contributed by atoms with Gasteiger partial charge in [-0.05, 0) is 36.8 Å². The number of aliphatic hydroxyl groups is 1. The number of pyridine rings is 1. The maximum Gasteiger partial charge on any atom is 0.165 e. The molecule has 0 saturated heterocycles. The average Bonchev–Trinajstić information content (AvgIpc) is 3.09. The zero-order chi connectivity index (χ0) is 12.3. The molecule has 5 heteroatoms. The minimum atomic E-state index is 0.223. The second-order valence-electron chi connectivity index (χ2n) is 4.57. The fraction of sp³-hybridized carbons (Fsp3) is 0.500. The number of nitrogen functional groups attached to an aromatic ring is 1. The van der Waals surface area contributed by atoms with Crippen LogP contribution in [0.1, 0.15) is 25.0 Å². The fourth-order valence-corrected chi connectivity index (χ4v) is 1.87. The number of rotatable bonds is 5. The van der Waals surface area contributed by atoms with E-state index in [0.717, 1.165) is 25.8 Å². The van der Waals surface area contributed by atoms with Crippen molar-refractivity contribution in [2.45, 2.75) is 19.3 Å². The molecule has 90 valence electrons. The van der Waals surface area contributed by atoms with Gasteiger partial charge in [0.2, 0.25) is 0 Å². The van der Waals surface area contributed by atoms with Gasteiger partial charge >= 0.3 is 0 Å². The summed E-state index contributed by atoms with van der Waals surface area (Å²) in [6, 6.07) is 5.41. The maximum absolute atomic E-state index is 8.95. The second-order valence-corrected chi connectivity index (χ2v) is 4.57. The summed E-state index contributed by atoms with van der Waals surface area (Å²) in [5.41, 5.74) is 6.47. The summed E-state index contributed by atoms with van der Waals surface area (Å²) in [5, 5.41) is 21.0. The van der Waals surface area contributed by atoms with Crippen molar-refractivity contribution in [2.75, 3.05) is 24.2 Å². The van der Waals surface area contributed by atoms with E-state index < -0.39 is 0 Å². The van der Waals surface area contributed by atoms with Crippen LogP contribution in [0.3, 0.4) is 0 Å². The van der Waals surface area contributed by atoms with Crippen LogP contribution in [0.5, 0.6) is 0 Å². The molecule has 0 aliphatic heterocycles. The van der Waals surface area contributed by atoms with Crippen molar-refractivity contribution in [3.05, 3.63) is 17.8 Å². The van der Waals surface area contributed by atoms with Crippen LogP contribution in [-0.2, 0) is 0 Å². The van der Waals surface area contributed by atoms with Gasteiger partial charge in [-0.15, -0.1) is 0 Å². The van der Waals surface area contributed by atoms with Gasteiger partial charge in [0, 0.05) is 13.2 Å². The van der Waals surface area contributed by atoms with E-state index in [1.807, 2.05) is 6.07 Å². The molecule has 0 spiro atoms. The Morgan fingerprint density at radius 1 is 1.53 bits per heavy atom. The highest BCUT2D eigenvalue weighted by molar-refractivity contribution is 5.54. The molecule has 1 aromatic heterocycles. The molecule has 0 radical (unpaired) electrons. The van der Waals surface area contributed by atoms with Gasteiger partial charge < -0.3 is 16.2 Å². The number of hydrogen-bond acceptors (Lipinski definition) is 5. The average molecular weight is 232 g/mol. The Hall–Kier alpha value is -1.80. The van der Waals surface area contributed by atoms with E-state index >= 15 is 0 Å². The van der Waals surface area contributed by atoms with Crippen molar-refractivity contribution in [2.24, 2.45) is 5.41 Å². The lowest BCUT2D eigenvalue weighted by atomic mass is 10.0. The summed E-state index contributed by atoms with van der Waals surface area (Å²) in [7, 11) is 0. The van der Waals surface area contributed by atoms with E-state index in [1.165, 1.54) is 0 Å². The normalized spacial score (nSPS) is 16.2. The third kappa shape index (κ3) is 2.66. The van der Waals surface area contributed by atoms with Crippen molar-refractivity contribution in [3.8, 4) is 6.07 Å². The number of hydrogen-bond donors (Lipinski definition) is 3. The van der Waals surface area contributed by atoms with Crippen LogP contribution in [0, 0.1) is 16.7 Å². The van der Waals surface area contributed by atoms with Gasteiger partial charge in [0.15, 0.2) is 5.69 Å². The minimum Gasteiger partial charge on any atom is -0.396 e. The first kappa shape index (κ1) is 11.7. The third-order valence-electron chi connectivity index (χ3n) is 3.28. The lowest BCUT2D eigenvalue weighted by Crippen LogP contribution is -2.17. The Kier molecular flexibility index (Phi) is 3.16. The van der Waals surface area contributed by atoms with E-state index in [-0.39, 0.29) is 17.7 Å². The Bertz CT molecular complexity index is 448. The number of aliphatic hydroxyl groups excluding tert-OH is 1. The molecule has 0 aromatic carbocycles. The van der Waals surface area contributed by atoms with Gasteiger partial charge in [0.25, 0.3) is 0 Å². The molecular weight excluding hydrogens is 216 g/mol. The van der Waals surface area contributed by atoms with Crippen LogP contribution in [0.4, 0.5) is 11.5 Å². The van der Waals surface area contributed by atoms with Gasteiger partial charge in [-0.3, -0.25) is 0 Å². The van der Waals surface area contributed by atoms with Gasteiger partial charge in [-0.25, -0.2) is 4.98 Å². The number of nitrogens with one attached hydrogen (secondary N) is 1. The molecule has 1 heterocycles. The molecule has 0 bridgehead atoms. The topological polar surface area (TPSA) is 95.0 Å². The molecule has 1 aliphatic rings. The van der Waals surface area contributed by atoms with Crippen molar-refractivity contribution in [1.82, 2.24) is 4.98 Å². The highest BCUT2D eigenvalue weighted by Gasteiger charge is 2.41. The number of nitriles is 1. The SMILES string of the molecule is N#Cc1nc(NCC2(CCO)CC2)ccc1N. The number of nitrogens with two attached hydrogens (primary N) is 1. The lowest BCUT2D eigenvalue weighted by Gasteiger charge is -2.15. The van der Waals surface area contributed by atoms with E-state index in [9.17, 15) is 0 Å². The molecule has 1 aromatic rings. The summed E-state index contributed by atoms with van der Waals surface area (Å²) >= 11 is 0. The monoisotopic (exact) mass is 232 g/mol. The number of nitrogens with zero attached hydrogens (tertiary/aromatic N) is 2. The summed E-state index contributed by atoms with van der Waals surface area (Å²) in [4.78, 5) is 4.12. The second kappa shape index (κ2) is 4.60. The standard InChI is InChI=1S/C12H16N4O/c13-7-10-9(14)1-2-11(16-10)15-8-12(3-4-12)5-6-17/h1-2,17H,3-6,8,14H2,(H,15,16). The first-order chi connectivity index (χ1) is 8.19. The zero-order valence-corrected chi connectivity index (χ0v) is 9.61. The van der Waals surface area contributed by atoms with Crippen molar-refractivity contribution in [1.29, 1.82) is 5.26 Å². The summed E-state index contributed by atoms with van der Waals surface area (Å²) in [6.45, 7) is 1.01. The van der Waals surface area contributed by atoms with Gasteiger partial charge in [-0.2, -0.15) is 5.26 Å². The molecule has 2 rings (SSSR count). The summed E-state index contributed by atoms with van der Waals surface area (Å²) in [5.74, 6) is 0.667. The van der Waals surface area contributed by atoms with E-state index in [4.69, 9.17) is 16.1 Å². The smallest absolute Gasteiger partial charge is 0.165 e. The molecule has 17 heavy (non-hydrogen) atoms. The summed E-state index contributed by atoms with van der Waals surface area (Å²) < 4.78 is 0. The zero-order valence-electron chi connectivity index (χ0n) is 9.61. The molecule has 5 nitrogen and oxygen atoms in total. The van der Waals surface area contributed by atoms with E-state index in [2.05, 4.69) is 10.3 Å². The van der Waals surface area contributed by atoms with Crippen molar-refractivity contribution in [3.63, 3.8) is 0 Å². The number of aromatic nitrogens is 1. The first-order valence-electron chi connectivity index (χ1n) is 5.70. The Labute approximate surface area is 100 Å². The fourth-order valence-electron chi connectivity index (χ4n) is 1.87. The summed E-state index contributed by atoms with van der Waals surface area (Å²) in [6.07, 6.45) is 3.10. The van der Waals surface area contributed by atoms with Crippen LogP contribution >= 0.6 is 0 Å². The molecular formula is C12H16N4O. The number of anilines is 2. The van der Waals surface area contributed by atoms with Gasteiger partial charge in [-0.1, -0.05) is 0 Å². The van der Waals surface area contributed by atoms with Gasteiger partial charge in [0.05, 0.1) is 5.69 Å². The van der Waals surface area contributed by atoms with Crippen LogP contribution in [0.2, 0.25) is 0 Å². The van der Waals surface area contributed by atoms with Crippen molar-refractivity contribution < 1.29 is 5.11 Å². The maximum atomic E-state index is 8.95. The molecule has 1 fully saturated rings. The Balaban J connectivity index is 1.98. The molecule has 0 atom stereocenters.